The first-order valence-electron chi connectivity index (χ1n) is 7.71. The van der Waals surface area contributed by atoms with Gasteiger partial charge in [0.25, 0.3) is 0 Å². The van der Waals surface area contributed by atoms with Crippen molar-refractivity contribution in [1.82, 2.24) is 5.32 Å². The number of unbranched alkanes of at least 4 members (excludes halogenated alkanes) is 3. The summed E-state index contributed by atoms with van der Waals surface area (Å²) in [5, 5.41) is 3.64. The predicted molar refractivity (Wildman–Crippen MR) is 79.0 cm³/mol. The van der Waals surface area contributed by atoms with Gasteiger partial charge in [0.1, 0.15) is 0 Å². The summed E-state index contributed by atoms with van der Waals surface area (Å²) in [7, 11) is 0. The van der Waals surface area contributed by atoms with E-state index in [0.717, 1.165) is 19.6 Å². The lowest BCUT2D eigenvalue weighted by atomic mass is 9.85. The van der Waals surface area contributed by atoms with E-state index in [9.17, 15) is 0 Å². The molecule has 0 aromatic rings. The van der Waals surface area contributed by atoms with Crippen molar-refractivity contribution < 1.29 is 4.74 Å². The maximum absolute atomic E-state index is 6.08. The zero-order valence-corrected chi connectivity index (χ0v) is 12.3. The molecule has 0 aromatic heterocycles. The SMILES string of the molecule is C=CCCCCCC(NCC)C1(C)CCCCO1. The molecule has 2 atom stereocenters. The molecule has 1 rings (SSSR count). The predicted octanol–water partition coefficient (Wildman–Crippen LogP) is 4.06. The van der Waals surface area contributed by atoms with Crippen molar-refractivity contribution in [3.8, 4) is 0 Å². The lowest BCUT2D eigenvalue weighted by Crippen LogP contribution is -2.52. The summed E-state index contributed by atoms with van der Waals surface area (Å²) >= 11 is 0. The summed E-state index contributed by atoms with van der Waals surface area (Å²) < 4.78 is 6.08. The molecule has 1 N–H and O–H groups in total. The van der Waals surface area contributed by atoms with Crippen molar-refractivity contribution in [3.05, 3.63) is 12.7 Å². The molecule has 0 saturated carbocycles. The Hall–Kier alpha value is -0.340. The Morgan fingerprint density at radius 3 is 2.78 bits per heavy atom. The molecule has 0 amide bonds. The van der Waals surface area contributed by atoms with Crippen LogP contribution in [0.1, 0.15) is 65.2 Å². The van der Waals surface area contributed by atoms with E-state index < -0.39 is 0 Å². The fraction of sp³-hybridized carbons (Fsp3) is 0.875. The number of nitrogens with one attached hydrogen (secondary N) is 1. The lowest BCUT2D eigenvalue weighted by Gasteiger charge is -2.41. The second kappa shape index (κ2) is 8.71. The van der Waals surface area contributed by atoms with Crippen molar-refractivity contribution in [1.29, 1.82) is 0 Å². The van der Waals surface area contributed by atoms with Gasteiger partial charge >= 0.3 is 0 Å². The Kier molecular flexibility index (Phi) is 7.60. The molecule has 2 unspecified atom stereocenters. The van der Waals surface area contributed by atoms with E-state index in [-0.39, 0.29) is 5.60 Å². The number of likely N-dealkylation sites (N-methyl/N-ethyl adjacent to an activating group) is 1. The molecule has 1 saturated heterocycles. The van der Waals surface area contributed by atoms with E-state index in [2.05, 4.69) is 25.7 Å². The fourth-order valence-electron chi connectivity index (χ4n) is 2.91. The Morgan fingerprint density at radius 2 is 2.17 bits per heavy atom. The lowest BCUT2D eigenvalue weighted by molar-refractivity contribution is -0.0901. The summed E-state index contributed by atoms with van der Waals surface area (Å²) in [6.07, 6.45) is 12.0. The van der Waals surface area contributed by atoms with Crippen LogP contribution in [0, 0.1) is 0 Å². The highest BCUT2D eigenvalue weighted by molar-refractivity contribution is 4.91. The molecule has 1 fully saturated rings. The van der Waals surface area contributed by atoms with Gasteiger partial charge in [0.15, 0.2) is 0 Å². The molecule has 0 radical (unpaired) electrons. The molecule has 18 heavy (non-hydrogen) atoms. The first-order chi connectivity index (χ1) is 8.73. The van der Waals surface area contributed by atoms with Crippen LogP contribution in [0.3, 0.4) is 0 Å². The van der Waals surface area contributed by atoms with Crippen molar-refractivity contribution in [2.24, 2.45) is 0 Å². The molecule has 1 aliphatic heterocycles. The Labute approximate surface area is 113 Å². The normalized spacial score (nSPS) is 25.9. The zero-order valence-electron chi connectivity index (χ0n) is 12.3. The van der Waals surface area contributed by atoms with Gasteiger partial charge in [-0.2, -0.15) is 0 Å². The van der Waals surface area contributed by atoms with Crippen LogP contribution in [-0.2, 0) is 4.74 Å². The largest absolute Gasteiger partial charge is 0.374 e. The molecular weight excluding hydrogens is 222 g/mol. The van der Waals surface area contributed by atoms with Gasteiger partial charge in [-0.3, -0.25) is 0 Å². The summed E-state index contributed by atoms with van der Waals surface area (Å²) in [5.74, 6) is 0. The molecule has 0 aliphatic carbocycles. The van der Waals surface area contributed by atoms with Crippen molar-refractivity contribution >= 4 is 0 Å². The van der Waals surface area contributed by atoms with E-state index in [4.69, 9.17) is 4.74 Å². The maximum Gasteiger partial charge on any atom is 0.0806 e. The molecule has 2 nitrogen and oxygen atoms in total. The average molecular weight is 253 g/mol. The van der Waals surface area contributed by atoms with Crippen LogP contribution in [0.2, 0.25) is 0 Å². The van der Waals surface area contributed by atoms with Crippen LogP contribution >= 0.6 is 0 Å². The second-order valence-electron chi connectivity index (χ2n) is 5.66. The minimum absolute atomic E-state index is 0.0622. The summed E-state index contributed by atoms with van der Waals surface area (Å²) in [6.45, 7) is 10.2. The molecule has 1 aliphatic rings. The maximum atomic E-state index is 6.08. The van der Waals surface area contributed by atoms with Gasteiger partial charge in [0.2, 0.25) is 0 Å². The first kappa shape index (κ1) is 15.7. The van der Waals surface area contributed by atoms with E-state index >= 15 is 0 Å². The van der Waals surface area contributed by atoms with Gasteiger partial charge in [0.05, 0.1) is 5.60 Å². The second-order valence-corrected chi connectivity index (χ2v) is 5.66. The molecule has 106 valence electrons. The topological polar surface area (TPSA) is 21.3 Å². The molecule has 0 bridgehead atoms. The molecule has 1 heterocycles. The van der Waals surface area contributed by atoms with Crippen LogP contribution in [-0.4, -0.2) is 24.8 Å². The Bertz CT molecular complexity index is 221. The van der Waals surface area contributed by atoms with Gasteiger partial charge in [-0.25, -0.2) is 0 Å². The molecule has 0 aromatic carbocycles. The highest BCUT2D eigenvalue weighted by Gasteiger charge is 2.35. The van der Waals surface area contributed by atoms with Gasteiger partial charge < -0.3 is 10.1 Å². The van der Waals surface area contributed by atoms with E-state index in [1.165, 1.54) is 44.9 Å². The van der Waals surface area contributed by atoms with Crippen LogP contribution in [0.4, 0.5) is 0 Å². The Balaban J connectivity index is 2.35. The quantitative estimate of drug-likeness (QED) is 0.494. The monoisotopic (exact) mass is 253 g/mol. The van der Waals surface area contributed by atoms with Crippen LogP contribution < -0.4 is 5.32 Å². The van der Waals surface area contributed by atoms with Crippen molar-refractivity contribution in [3.63, 3.8) is 0 Å². The van der Waals surface area contributed by atoms with Crippen LogP contribution in [0.5, 0.6) is 0 Å². The van der Waals surface area contributed by atoms with Crippen LogP contribution in [0.25, 0.3) is 0 Å². The van der Waals surface area contributed by atoms with Gasteiger partial charge in [0, 0.05) is 12.6 Å². The fourth-order valence-corrected chi connectivity index (χ4v) is 2.91. The first-order valence-corrected chi connectivity index (χ1v) is 7.71. The van der Waals surface area contributed by atoms with Gasteiger partial charge in [-0.05, 0) is 52.0 Å². The summed E-state index contributed by atoms with van der Waals surface area (Å²) in [4.78, 5) is 0. The minimum Gasteiger partial charge on any atom is -0.374 e. The summed E-state index contributed by atoms with van der Waals surface area (Å²) in [6, 6.07) is 0.520. The molecule has 0 spiro atoms. The Morgan fingerprint density at radius 1 is 1.33 bits per heavy atom. The van der Waals surface area contributed by atoms with Crippen molar-refractivity contribution in [2.75, 3.05) is 13.2 Å². The number of rotatable bonds is 9. The third-order valence-corrected chi connectivity index (χ3v) is 4.09. The molecule has 2 heteroatoms. The van der Waals surface area contributed by atoms with E-state index in [1.54, 1.807) is 0 Å². The smallest absolute Gasteiger partial charge is 0.0806 e. The zero-order chi connectivity index (χ0) is 13.3. The minimum atomic E-state index is 0.0622. The van der Waals surface area contributed by atoms with Gasteiger partial charge in [-0.15, -0.1) is 6.58 Å². The number of ether oxygens (including phenoxy) is 1. The molecular formula is C16H31NO. The van der Waals surface area contributed by atoms with Gasteiger partial charge in [-0.1, -0.05) is 25.8 Å². The third kappa shape index (κ3) is 5.11. The number of hydrogen-bond donors (Lipinski definition) is 1. The number of hydrogen-bond acceptors (Lipinski definition) is 2. The number of allylic oxidation sites excluding steroid dienone is 1. The van der Waals surface area contributed by atoms with Crippen LogP contribution in [0.15, 0.2) is 12.7 Å². The highest BCUT2D eigenvalue weighted by Crippen LogP contribution is 2.30. The third-order valence-electron chi connectivity index (χ3n) is 4.09. The van der Waals surface area contributed by atoms with E-state index in [1.807, 2.05) is 6.08 Å². The standard InChI is InChI=1S/C16H31NO/c1-4-6-7-8-9-12-15(17-5-2)16(3)13-10-11-14-18-16/h4,15,17H,1,5-14H2,2-3H3. The van der Waals surface area contributed by atoms with Crippen molar-refractivity contribution in [2.45, 2.75) is 76.9 Å². The van der Waals surface area contributed by atoms with E-state index in [0.29, 0.717) is 6.04 Å². The average Bonchev–Trinajstić information content (AvgIpc) is 2.38. The summed E-state index contributed by atoms with van der Waals surface area (Å²) in [5.41, 5.74) is 0.0622. The highest BCUT2D eigenvalue weighted by atomic mass is 16.5.